The summed E-state index contributed by atoms with van der Waals surface area (Å²) in [5, 5.41) is 13.9. The molecule has 1 heterocycles. The summed E-state index contributed by atoms with van der Waals surface area (Å²) in [5.74, 6) is 0.671. The summed E-state index contributed by atoms with van der Waals surface area (Å²) in [6.07, 6.45) is 0. The molecule has 1 amide bonds. The summed E-state index contributed by atoms with van der Waals surface area (Å²) in [6, 6.07) is 34.5. The zero-order valence-electron chi connectivity index (χ0n) is 21.2. The van der Waals surface area contributed by atoms with Crippen molar-refractivity contribution in [2.75, 3.05) is 0 Å². The predicted octanol–water partition coefficient (Wildman–Crippen LogP) is 7.88. The molecule has 1 aromatic heterocycles. The fourth-order valence-electron chi connectivity index (χ4n) is 4.41. The number of carbonyl (C=O) groups is 1. The molecule has 0 fully saturated rings. The van der Waals surface area contributed by atoms with Gasteiger partial charge < -0.3 is 5.32 Å². The molecule has 5 rings (SSSR count). The van der Waals surface area contributed by atoms with Gasteiger partial charge in [-0.25, -0.2) is 0 Å². The third kappa shape index (κ3) is 6.36. The van der Waals surface area contributed by atoms with Crippen molar-refractivity contribution >= 4 is 40.9 Å². The molecule has 0 saturated carbocycles. The number of hydrogen-bond acceptors (Lipinski definition) is 4. The van der Waals surface area contributed by atoms with Crippen molar-refractivity contribution in [3.05, 3.63) is 142 Å². The van der Waals surface area contributed by atoms with Crippen molar-refractivity contribution in [1.82, 2.24) is 20.1 Å². The molecule has 5 aromatic rings. The number of thioether (sulfide) groups is 1. The van der Waals surface area contributed by atoms with Crippen LogP contribution in [0.5, 0.6) is 0 Å². The molecule has 0 bridgehead atoms. The van der Waals surface area contributed by atoms with E-state index < -0.39 is 12.0 Å². The maximum atomic E-state index is 13.8. The molecule has 5 nitrogen and oxygen atoms in total. The molecule has 0 aliphatic carbocycles. The third-order valence-electron chi connectivity index (χ3n) is 6.29. The van der Waals surface area contributed by atoms with Gasteiger partial charge in [0.05, 0.1) is 22.7 Å². The summed E-state index contributed by atoms with van der Waals surface area (Å²) in [6.45, 7) is 1.90. The zero-order valence-corrected chi connectivity index (χ0v) is 23.5. The molecule has 0 aliphatic heterocycles. The fraction of sp³-hybridized carbons (Fsp3) is 0.129. The highest BCUT2D eigenvalue weighted by atomic mass is 35.5. The fourth-order valence-corrected chi connectivity index (χ4v) is 5.81. The molecular formula is C31H26Cl2N4OS. The number of carbonyl (C=O) groups excluding carboxylic acids is 1. The van der Waals surface area contributed by atoms with Crippen LogP contribution < -0.4 is 5.32 Å². The van der Waals surface area contributed by atoms with Crippen LogP contribution in [0.4, 0.5) is 0 Å². The van der Waals surface area contributed by atoms with E-state index in [1.54, 1.807) is 23.9 Å². The Morgan fingerprint density at radius 1 is 0.846 bits per heavy atom. The number of aromatic nitrogens is 3. The Morgan fingerprint density at radius 3 is 2.03 bits per heavy atom. The molecule has 39 heavy (non-hydrogen) atoms. The predicted molar refractivity (Wildman–Crippen MR) is 159 cm³/mol. The zero-order chi connectivity index (χ0) is 27.2. The van der Waals surface area contributed by atoms with E-state index in [1.165, 1.54) is 0 Å². The van der Waals surface area contributed by atoms with Gasteiger partial charge in [-0.15, -0.1) is 10.2 Å². The molecule has 8 heteroatoms. The van der Waals surface area contributed by atoms with E-state index in [2.05, 4.69) is 27.6 Å². The first-order valence-corrected chi connectivity index (χ1v) is 14.2. The molecule has 196 valence electrons. The van der Waals surface area contributed by atoms with Crippen LogP contribution in [-0.4, -0.2) is 20.7 Å². The van der Waals surface area contributed by atoms with Gasteiger partial charge in [0.1, 0.15) is 0 Å². The van der Waals surface area contributed by atoms with Crippen LogP contribution in [0.2, 0.25) is 10.0 Å². The van der Waals surface area contributed by atoms with Crippen LogP contribution in [0.25, 0.3) is 5.69 Å². The van der Waals surface area contributed by atoms with E-state index in [0.29, 0.717) is 32.5 Å². The van der Waals surface area contributed by atoms with Gasteiger partial charge in [-0.2, -0.15) is 0 Å². The van der Waals surface area contributed by atoms with Crippen LogP contribution in [0.1, 0.15) is 41.4 Å². The van der Waals surface area contributed by atoms with Crippen molar-refractivity contribution in [3.63, 3.8) is 0 Å². The standard InChI is InChI=1S/C31H26Cl2N4OS/c1-21(34-30(38)28(23-13-7-3-8-14-23)24-15-9-4-10-16-24)29-35-36-31(39-20-22-11-5-2-6-12-22)37(29)27-18-17-25(32)19-26(27)33/h2-19,21,28H,20H2,1H3,(H,34,38). The maximum absolute atomic E-state index is 13.8. The summed E-state index contributed by atoms with van der Waals surface area (Å²) >= 11 is 14.4. The van der Waals surface area contributed by atoms with Crippen LogP contribution >= 0.6 is 35.0 Å². The van der Waals surface area contributed by atoms with Gasteiger partial charge in [0.25, 0.3) is 0 Å². The Labute approximate surface area is 242 Å². The second-order valence-electron chi connectivity index (χ2n) is 9.03. The summed E-state index contributed by atoms with van der Waals surface area (Å²) < 4.78 is 1.90. The summed E-state index contributed by atoms with van der Waals surface area (Å²) in [4.78, 5) is 13.8. The monoisotopic (exact) mass is 572 g/mol. The molecule has 0 radical (unpaired) electrons. The quantitative estimate of drug-likeness (QED) is 0.182. The lowest BCUT2D eigenvalue weighted by Crippen LogP contribution is -2.33. The number of amides is 1. The number of nitrogens with one attached hydrogen (secondary N) is 1. The molecule has 1 N–H and O–H groups in total. The number of benzene rings is 4. The van der Waals surface area contributed by atoms with E-state index in [-0.39, 0.29) is 5.91 Å². The number of nitrogens with zero attached hydrogens (tertiary/aromatic N) is 3. The van der Waals surface area contributed by atoms with E-state index in [4.69, 9.17) is 23.2 Å². The third-order valence-corrected chi connectivity index (χ3v) is 7.83. The second kappa shape index (κ2) is 12.5. The molecule has 0 aliphatic rings. The Morgan fingerprint density at radius 2 is 1.44 bits per heavy atom. The van der Waals surface area contributed by atoms with Crippen LogP contribution in [0.3, 0.4) is 0 Å². The van der Waals surface area contributed by atoms with Gasteiger partial charge >= 0.3 is 0 Å². The number of halogens is 2. The lowest BCUT2D eigenvalue weighted by Gasteiger charge is -2.22. The van der Waals surface area contributed by atoms with Crippen molar-refractivity contribution in [2.24, 2.45) is 0 Å². The average Bonchev–Trinajstić information content (AvgIpc) is 3.37. The number of rotatable bonds is 9. The van der Waals surface area contributed by atoms with Gasteiger partial charge in [0, 0.05) is 10.8 Å². The normalized spacial score (nSPS) is 11.9. The van der Waals surface area contributed by atoms with E-state index >= 15 is 0 Å². The molecule has 0 spiro atoms. The van der Waals surface area contributed by atoms with E-state index in [1.807, 2.05) is 96.4 Å². The van der Waals surface area contributed by atoms with Crippen molar-refractivity contribution < 1.29 is 4.79 Å². The minimum atomic E-state index is -0.475. The van der Waals surface area contributed by atoms with Gasteiger partial charge in [-0.1, -0.05) is 126 Å². The van der Waals surface area contributed by atoms with Gasteiger partial charge in [0.2, 0.25) is 5.91 Å². The lowest BCUT2D eigenvalue weighted by atomic mass is 9.90. The van der Waals surface area contributed by atoms with Crippen LogP contribution in [-0.2, 0) is 10.5 Å². The first-order chi connectivity index (χ1) is 19.0. The van der Waals surface area contributed by atoms with Crippen molar-refractivity contribution in [3.8, 4) is 5.69 Å². The first kappa shape index (κ1) is 27.0. The Balaban J connectivity index is 1.48. The second-order valence-corrected chi connectivity index (χ2v) is 10.8. The van der Waals surface area contributed by atoms with Crippen LogP contribution in [0, 0.1) is 0 Å². The minimum absolute atomic E-state index is 0.129. The molecule has 1 atom stereocenters. The van der Waals surface area contributed by atoms with Gasteiger partial charge in [-0.3, -0.25) is 9.36 Å². The molecule has 1 unspecified atom stereocenters. The Hall–Kier alpha value is -3.58. The highest BCUT2D eigenvalue weighted by Gasteiger charge is 2.27. The smallest absolute Gasteiger partial charge is 0.232 e. The van der Waals surface area contributed by atoms with Crippen LogP contribution in [0.15, 0.2) is 114 Å². The first-order valence-electron chi connectivity index (χ1n) is 12.5. The van der Waals surface area contributed by atoms with Gasteiger partial charge in [-0.05, 0) is 41.8 Å². The van der Waals surface area contributed by atoms with E-state index in [0.717, 1.165) is 16.7 Å². The largest absolute Gasteiger partial charge is 0.346 e. The maximum Gasteiger partial charge on any atom is 0.232 e. The SMILES string of the molecule is CC(NC(=O)C(c1ccccc1)c1ccccc1)c1nnc(SCc2ccccc2)n1-c1ccc(Cl)cc1Cl. The topological polar surface area (TPSA) is 59.8 Å². The Bertz CT molecular complexity index is 1510. The van der Waals surface area contributed by atoms with Crippen molar-refractivity contribution in [2.45, 2.75) is 29.8 Å². The number of hydrogen-bond donors (Lipinski definition) is 1. The highest BCUT2D eigenvalue weighted by molar-refractivity contribution is 7.98. The molecule has 0 saturated heterocycles. The highest BCUT2D eigenvalue weighted by Crippen LogP contribution is 2.33. The molecular weight excluding hydrogens is 547 g/mol. The average molecular weight is 574 g/mol. The summed E-state index contributed by atoms with van der Waals surface area (Å²) in [5.41, 5.74) is 3.68. The lowest BCUT2D eigenvalue weighted by molar-refractivity contribution is -0.122. The molecule has 4 aromatic carbocycles. The van der Waals surface area contributed by atoms with E-state index in [9.17, 15) is 4.79 Å². The van der Waals surface area contributed by atoms with Crippen molar-refractivity contribution in [1.29, 1.82) is 0 Å². The minimum Gasteiger partial charge on any atom is -0.346 e. The van der Waals surface area contributed by atoms with Gasteiger partial charge in [0.15, 0.2) is 11.0 Å². The summed E-state index contributed by atoms with van der Waals surface area (Å²) in [7, 11) is 0. The Kier molecular flexibility index (Phi) is 8.67.